The van der Waals surface area contributed by atoms with Crippen LogP contribution >= 0.6 is 0 Å². The third kappa shape index (κ3) is 5.18. The second kappa shape index (κ2) is 9.00. The van der Waals surface area contributed by atoms with E-state index >= 15 is 0 Å². The van der Waals surface area contributed by atoms with Crippen molar-refractivity contribution in [3.05, 3.63) is 53.9 Å². The minimum absolute atomic E-state index is 0.954. The zero-order valence-corrected chi connectivity index (χ0v) is 14.9. The van der Waals surface area contributed by atoms with Crippen molar-refractivity contribution in [2.24, 2.45) is 0 Å². The summed E-state index contributed by atoms with van der Waals surface area (Å²) in [7, 11) is 0. The molecule has 130 valence electrons. The van der Waals surface area contributed by atoms with Crippen LogP contribution in [-0.4, -0.2) is 52.3 Å². The predicted molar refractivity (Wildman–Crippen MR) is 99.0 cm³/mol. The van der Waals surface area contributed by atoms with Crippen LogP contribution in [-0.2, 0) is 19.5 Å². The minimum atomic E-state index is 0.954. The quantitative estimate of drug-likeness (QED) is 0.781. The molecule has 0 atom stereocenters. The highest BCUT2D eigenvalue weighted by molar-refractivity contribution is 5.14. The summed E-state index contributed by atoms with van der Waals surface area (Å²) in [6.45, 7) is 10.1. The second-order valence-electron chi connectivity index (χ2n) is 6.76. The van der Waals surface area contributed by atoms with Crippen LogP contribution in [0.1, 0.15) is 30.9 Å². The van der Waals surface area contributed by atoms with E-state index in [-0.39, 0.29) is 0 Å². The molecule has 1 aliphatic rings. The molecule has 1 aromatic carbocycles. The maximum Gasteiger partial charge on any atom is 0.0534 e. The maximum atomic E-state index is 4.39. The summed E-state index contributed by atoms with van der Waals surface area (Å²) in [6.07, 6.45) is 7.92. The van der Waals surface area contributed by atoms with Gasteiger partial charge in [0.15, 0.2) is 0 Å². The highest BCUT2D eigenvalue weighted by atomic mass is 15.3. The number of rotatable bonds is 7. The molecule has 0 saturated carbocycles. The van der Waals surface area contributed by atoms with Gasteiger partial charge in [-0.15, -0.1) is 0 Å². The van der Waals surface area contributed by atoms with E-state index in [0.717, 1.165) is 13.1 Å². The average molecular weight is 326 g/mol. The van der Waals surface area contributed by atoms with E-state index in [1.54, 1.807) is 0 Å². The molecule has 2 aromatic rings. The van der Waals surface area contributed by atoms with Crippen LogP contribution in [0.25, 0.3) is 0 Å². The fourth-order valence-corrected chi connectivity index (χ4v) is 3.48. The lowest BCUT2D eigenvalue weighted by Crippen LogP contribution is -2.31. The van der Waals surface area contributed by atoms with Crippen LogP contribution in [0.15, 0.2) is 42.7 Å². The van der Waals surface area contributed by atoms with Gasteiger partial charge in [-0.25, -0.2) is 0 Å². The van der Waals surface area contributed by atoms with Crippen molar-refractivity contribution in [3.8, 4) is 0 Å². The molecular formula is C20H30N4. The second-order valence-corrected chi connectivity index (χ2v) is 6.76. The van der Waals surface area contributed by atoms with Crippen molar-refractivity contribution in [2.45, 2.75) is 39.3 Å². The average Bonchev–Trinajstić information content (AvgIpc) is 2.95. The van der Waals surface area contributed by atoms with Gasteiger partial charge in [0.2, 0.25) is 0 Å². The standard InChI is InChI=1S/C20H30N4/c1-2-24-18-20(16-21-24)17-23-13-7-12-22(14-15-23)11-6-10-19-8-4-3-5-9-19/h3-5,8-9,16,18H,2,6-7,10-15,17H2,1H3. The van der Waals surface area contributed by atoms with Crippen molar-refractivity contribution >= 4 is 0 Å². The van der Waals surface area contributed by atoms with Crippen LogP contribution in [0.3, 0.4) is 0 Å². The van der Waals surface area contributed by atoms with E-state index < -0.39 is 0 Å². The van der Waals surface area contributed by atoms with Gasteiger partial charge in [-0.05, 0) is 51.4 Å². The first-order valence-corrected chi connectivity index (χ1v) is 9.33. The third-order valence-corrected chi connectivity index (χ3v) is 4.88. The summed E-state index contributed by atoms with van der Waals surface area (Å²) in [5, 5.41) is 4.39. The lowest BCUT2D eigenvalue weighted by atomic mass is 10.1. The number of hydrogen-bond donors (Lipinski definition) is 0. The van der Waals surface area contributed by atoms with Crippen LogP contribution in [0.2, 0.25) is 0 Å². The molecule has 0 bridgehead atoms. The first-order chi connectivity index (χ1) is 11.8. The summed E-state index contributed by atoms with van der Waals surface area (Å²) < 4.78 is 2.02. The van der Waals surface area contributed by atoms with E-state index in [1.807, 2.05) is 10.9 Å². The molecule has 1 aliphatic heterocycles. The lowest BCUT2D eigenvalue weighted by molar-refractivity contribution is 0.250. The van der Waals surface area contributed by atoms with Crippen molar-refractivity contribution in [1.82, 2.24) is 19.6 Å². The fourth-order valence-electron chi connectivity index (χ4n) is 3.48. The van der Waals surface area contributed by atoms with Crippen molar-refractivity contribution < 1.29 is 0 Å². The SMILES string of the molecule is CCn1cc(CN2CCCN(CCCc3ccccc3)CC2)cn1. The molecule has 1 aromatic heterocycles. The fraction of sp³-hybridized carbons (Fsp3) is 0.550. The predicted octanol–water partition coefficient (Wildman–Crippen LogP) is 3.04. The number of aryl methyl sites for hydroxylation is 2. The third-order valence-electron chi connectivity index (χ3n) is 4.88. The van der Waals surface area contributed by atoms with Crippen molar-refractivity contribution in [2.75, 3.05) is 32.7 Å². The maximum absolute atomic E-state index is 4.39. The number of nitrogens with zero attached hydrogens (tertiary/aromatic N) is 4. The number of aromatic nitrogens is 2. The highest BCUT2D eigenvalue weighted by Crippen LogP contribution is 2.10. The Labute approximate surface area is 146 Å². The van der Waals surface area contributed by atoms with Gasteiger partial charge < -0.3 is 4.90 Å². The summed E-state index contributed by atoms with van der Waals surface area (Å²) in [5.41, 5.74) is 2.80. The Hall–Kier alpha value is -1.65. The Balaban J connectivity index is 1.40. The van der Waals surface area contributed by atoms with Crippen LogP contribution < -0.4 is 0 Å². The monoisotopic (exact) mass is 326 g/mol. The molecule has 4 nitrogen and oxygen atoms in total. The zero-order valence-electron chi connectivity index (χ0n) is 14.9. The van der Waals surface area contributed by atoms with Crippen molar-refractivity contribution in [1.29, 1.82) is 0 Å². The summed E-state index contributed by atoms with van der Waals surface area (Å²) >= 11 is 0. The van der Waals surface area contributed by atoms with Crippen LogP contribution in [0.5, 0.6) is 0 Å². The molecule has 2 heterocycles. The largest absolute Gasteiger partial charge is 0.302 e. The van der Waals surface area contributed by atoms with E-state index in [9.17, 15) is 0 Å². The Morgan fingerprint density at radius 1 is 0.958 bits per heavy atom. The van der Waals surface area contributed by atoms with Gasteiger partial charge in [-0.2, -0.15) is 5.10 Å². The molecule has 0 aliphatic carbocycles. The normalized spacial score (nSPS) is 17.0. The smallest absolute Gasteiger partial charge is 0.0534 e. The van der Waals surface area contributed by atoms with E-state index in [1.165, 1.54) is 63.1 Å². The van der Waals surface area contributed by atoms with Gasteiger partial charge in [-0.3, -0.25) is 9.58 Å². The molecule has 0 unspecified atom stereocenters. The molecule has 1 fully saturated rings. The van der Waals surface area contributed by atoms with Crippen molar-refractivity contribution in [3.63, 3.8) is 0 Å². The Morgan fingerprint density at radius 2 is 1.75 bits per heavy atom. The van der Waals surface area contributed by atoms with Gasteiger partial charge in [0, 0.05) is 37.9 Å². The van der Waals surface area contributed by atoms with E-state index in [0.29, 0.717) is 0 Å². The summed E-state index contributed by atoms with van der Waals surface area (Å²) in [5.74, 6) is 0. The van der Waals surface area contributed by atoms with E-state index in [2.05, 4.69) is 58.4 Å². The van der Waals surface area contributed by atoms with Gasteiger partial charge >= 0.3 is 0 Å². The van der Waals surface area contributed by atoms with Crippen LogP contribution in [0, 0.1) is 0 Å². The molecular weight excluding hydrogens is 296 g/mol. The number of hydrogen-bond acceptors (Lipinski definition) is 3. The molecule has 0 radical (unpaired) electrons. The molecule has 0 spiro atoms. The summed E-state index contributed by atoms with van der Waals surface area (Å²) in [6, 6.07) is 10.8. The molecule has 24 heavy (non-hydrogen) atoms. The zero-order chi connectivity index (χ0) is 16.6. The van der Waals surface area contributed by atoms with Gasteiger partial charge in [0.05, 0.1) is 6.20 Å². The summed E-state index contributed by atoms with van der Waals surface area (Å²) in [4.78, 5) is 5.21. The molecule has 3 rings (SSSR count). The first kappa shape index (κ1) is 17.2. The first-order valence-electron chi connectivity index (χ1n) is 9.33. The highest BCUT2D eigenvalue weighted by Gasteiger charge is 2.15. The Morgan fingerprint density at radius 3 is 2.54 bits per heavy atom. The number of benzene rings is 1. The topological polar surface area (TPSA) is 24.3 Å². The van der Waals surface area contributed by atoms with Gasteiger partial charge in [-0.1, -0.05) is 30.3 Å². The Bertz CT molecular complexity index is 593. The lowest BCUT2D eigenvalue weighted by Gasteiger charge is -2.21. The minimum Gasteiger partial charge on any atom is -0.302 e. The van der Waals surface area contributed by atoms with Gasteiger partial charge in [0.1, 0.15) is 0 Å². The molecule has 0 amide bonds. The molecule has 1 saturated heterocycles. The van der Waals surface area contributed by atoms with Gasteiger partial charge in [0.25, 0.3) is 0 Å². The molecule has 4 heteroatoms. The van der Waals surface area contributed by atoms with Crippen LogP contribution in [0.4, 0.5) is 0 Å². The Kier molecular flexibility index (Phi) is 6.44. The molecule has 0 N–H and O–H groups in total. The van der Waals surface area contributed by atoms with E-state index in [4.69, 9.17) is 0 Å².